The molecule has 2 aromatic carbocycles. The number of benzene rings is 2. The van der Waals surface area contributed by atoms with Crippen molar-refractivity contribution in [2.24, 2.45) is 5.92 Å². The second-order valence-electron chi connectivity index (χ2n) is 7.48. The number of carbonyl (C=O) groups is 1. The Morgan fingerprint density at radius 1 is 1.00 bits per heavy atom. The van der Waals surface area contributed by atoms with Crippen LogP contribution in [0.15, 0.2) is 54.7 Å². The van der Waals surface area contributed by atoms with Crippen LogP contribution in [0, 0.1) is 11.7 Å². The number of pyridine rings is 1. The van der Waals surface area contributed by atoms with E-state index in [1.807, 2.05) is 24.3 Å². The number of rotatable bonds is 5. The van der Waals surface area contributed by atoms with Crippen molar-refractivity contribution in [3.63, 3.8) is 0 Å². The van der Waals surface area contributed by atoms with E-state index in [1.54, 1.807) is 18.3 Å². The number of carbonyl (C=O) groups excluding carboxylic acids is 1. The average Bonchev–Trinajstić information content (AvgIpc) is 2.73. The lowest BCUT2D eigenvalue weighted by Crippen LogP contribution is -2.17. The van der Waals surface area contributed by atoms with Crippen molar-refractivity contribution in [3.8, 4) is 0 Å². The lowest BCUT2D eigenvalue weighted by Gasteiger charge is -2.22. The van der Waals surface area contributed by atoms with Gasteiger partial charge in [0.25, 0.3) is 5.91 Å². The third-order valence-corrected chi connectivity index (χ3v) is 5.37. The van der Waals surface area contributed by atoms with E-state index in [-0.39, 0.29) is 11.7 Å². The second kappa shape index (κ2) is 8.38. The fourth-order valence-electron chi connectivity index (χ4n) is 3.77. The van der Waals surface area contributed by atoms with Gasteiger partial charge in [-0.1, -0.05) is 19.3 Å². The summed E-state index contributed by atoms with van der Waals surface area (Å²) in [5.74, 6) is 0.215. The highest BCUT2D eigenvalue weighted by Gasteiger charge is 2.13. The fourth-order valence-corrected chi connectivity index (χ4v) is 3.77. The molecule has 0 radical (unpaired) electrons. The van der Waals surface area contributed by atoms with Crippen LogP contribution in [0.3, 0.4) is 0 Å². The lowest BCUT2D eigenvalue weighted by molar-refractivity contribution is 0.102. The average molecular weight is 377 g/mol. The topological polar surface area (TPSA) is 54.0 Å². The minimum Gasteiger partial charge on any atom is -0.385 e. The second-order valence-corrected chi connectivity index (χ2v) is 7.48. The first-order valence-electron chi connectivity index (χ1n) is 9.88. The van der Waals surface area contributed by atoms with Gasteiger partial charge < -0.3 is 10.6 Å². The number of amides is 1. The molecule has 2 N–H and O–H groups in total. The Bertz CT molecular complexity index is 965. The smallest absolute Gasteiger partial charge is 0.255 e. The summed E-state index contributed by atoms with van der Waals surface area (Å²) in [5.41, 5.74) is 2.84. The predicted molar refractivity (Wildman–Crippen MR) is 111 cm³/mol. The van der Waals surface area contributed by atoms with Crippen molar-refractivity contribution < 1.29 is 9.18 Å². The Balaban J connectivity index is 1.37. The molecule has 5 heteroatoms. The van der Waals surface area contributed by atoms with Crippen LogP contribution in [-0.2, 0) is 0 Å². The summed E-state index contributed by atoms with van der Waals surface area (Å²) in [7, 11) is 0. The Kier molecular flexibility index (Phi) is 5.51. The minimum absolute atomic E-state index is 0.212. The number of nitrogens with one attached hydrogen (secondary N) is 2. The molecular weight excluding hydrogens is 353 g/mol. The molecule has 4 rings (SSSR count). The maximum absolute atomic E-state index is 13.4. The molecule has 0 aliphatic heterocycles. The molecule has 0 bridgehead atoms. The number of aromatic nitrogens is 1. The van der Waals surface area contributed by atoms with Crippen molar-refractivity contribution in [2.45, 2.75) is 32.1 Å². The first-order chi connectivity index (χ1) is 13.7. The first kappa shape index (κ1) is 18.4. The molecule has 0 unspecified atom stereocenters. The summed E-state index contributed by atoms with van der Waals surface area (Å²) in [6.45, 7) is 0.991. The molecule has 144 valence electrons. The van der Waals surface area contributed by atoms with E-state index in [1.165, 1.54) is 44.2 Å². The Morgan fingerprint density at radius 3 is 2.57 bits per heavy atom. The van der Waals surface area contributed by atoms with E-state index < -0.39 is 0 Å². The van der Waals surface area contributed by atoms with Gasteiger partial charge >= 0.3 is 0 Å². The van der Waals surface area contributed by atoms with Crippen molar-refractivity contribution in [3.05, 3.63) is 66.1 Å². The summed E-state index contributed by atoms with van der Waals surface area (Å²) in [4.78, 5) is 16.8. The molecule has 4 nitrogen and oxygen atoms in total. The molecular formula is C23H24FN3O. The van der Waals surface area contributed by atoms with Gasteiger partial charge in [-0.25, -0.2) is 4.39 Å². The molecule has 3 aromatic rings. The number of anilines is 2. The van der Waals surface area contributed by atoms with Gasteiger partial charge in [0.1, 0.15) is 5.82 Å². The first-order valence-corrected chi connectivity index (χ1v) is 9.88. The van der Waals surface area contributed by atoms with Gasteiger partial charge in [0.15, 0.2) is 0 Å². The van der Waals surface area contributed by atoms with E-state index in [2.05, 4.69) is 15.6 Å². The zero-order valence-corrected chi connectivity index (χ0v) is 15.7. The molecule has 1 aromatic heterocycles. The summed E-state index contributed by atoms with van der Waals surface area (Å²) < 4.78 is 13.4. The number of hydrogen-bond donors (Lipinski definition) is 2. The Morgan fingerprint density at radius 2 is 1.79 bits per heavy atom. The van der Waals surface area contributed by atoms with Crippen LogP contribution >= 0.6 is 0 Å². The Labute approximate surface area is 164 Å². The van der Waals surface area contributed by atoms with Crippen molar-refractivity contribution in [1.82, 2.24) is 4.98 Å². The molecule has 0 spiro atoms. The molecule has 1 aliphatic carbocycles. The number of halogens is 1. The van der Waals surface area contributed by atoms with Crippen molar-refractivity contribution >= 4 is 28.2 Å². The molecule has 0 atom stereocenters. The molecule has 0 saturated heterocycles. The number of fused-ring (bicyclic) bond motifs is 1. The summed E-state index contributed by atoms with van der Waals surface area (Å²) >= 11 is 0. The van der Waals surface area contributed by atoms with Gasteiger partial charge in [-0.3, -0.25) is 9.78 Å². The van der Waals surface area contributed by atoms with Crippen LogP contribution in [0.25, 0.3) is 10.9 Å². The van der Waals surface area contributed by atoms with Crippen molar-refractivity contribution in [2.75, 3.05) is 17.2 Å². The number of hydrogen-bond acceptors (Lipinski definition) is 3. The van der Waals surface area contributed by atoms with Crippen LogP contribution in [0.4, 0.5) is 15.8 Å². The van der Waals surface area contributed by atoms with Crippen LogP contribution in [0.2, 0.25) is 0 Å². The molecule has 1 heterocycles. The summed E-state index contributed by atoms with van der Waals surface area (Å²) in [5, 5.41) is 6.96. The Hall–Kier alpha value is -2.95. The molecule has 1 saturated carbocycles. The van der Waals surface area contributed by atoms with Crippen LogP contribution in [-0.4, -0.2) is 17.4 Å². The van der Waals surface area contributed by atoms with Gasteiger partial charge in [0, 0.05) is 23.2 Å². The standard InChI is InChI=1S/C23H24FN3O/c24-19-8-11-22-18(12-19)13-21(15-26-22)27-23(28)17-6-9-20(10-7-17)25-14-16-4-2-1-3-5-16/h6-13,15-16,25H,1-5,14H2,(H,27,28). The molecule has 1 aliphatic rings. The van der Waals surface area contributed by atoms with Gasteiger partial charge in [-0.15, -0.1) is 0 Å². The monoisotopic (exact) mass is 377 g/mol. The third kappa shape index (κ3) is 4.47. The van der Waals surface area contributed by atoms with Crippen LogP contribution in [0.1, 0.15) is 42.5 Å². The van der Waals surface area contributed by atoms with Gasteiger partial charge in [0.2, 0.25) is 0 Å². The van der Waals surface area contributed by atoms with Gasteiger partial charge in [0.05, 0.1) is 17.4 Å². The van der Waals surface area contributed by atoms with Crippen molar-refractivity contribution in [1.29, 1.82) is 0 Å². The van der Waals surface area contributed by atoms with Crippen LogP contribution < -0.4 is 10.6 Å². The number of nitrogens with zero attached hydrogens (tertiary/aromatic N) is 1. The summed E-state index contributed by atoms with van der Waals surface area (Å²) in [6.07, 6.45) is 8.22. The highest BCUT2D eigenvalue weighted by atomic mass is 19.1. The quantitative estimate of drug-likeness (QED) is 0.607. The minimum atomic E-state index is -0.325. The molecule has 1 fully saturated rings. The molecule has 1 amide bonds. The van der Waals surface area contributed by atoms with E-state index in [9.17, 15) is 9.18 Å². The zero-order valence-electron chi connectivity index (χ0n) is 15.7. The highest BCUT2D eigenvalue weighted by Crippen LogP contribution is 2.24. The highest BCUT2D eigenvalue weighted by molar-refractivity contribution is 6.05. The largest absolute Gasteiger partial charge is 0.385 e. The van der Waals surface area contributed by atoms with E-state index >= 15 is 0 Å². The van der Waals surface area contributed by atoms with Crippen LogP contribution in [0.5, 0.6) is 0 Å². The third-order valence-electron chi connectivity index (χ3n) is 5.37. The SMILES string of the molecule is O=C(Nc1cnc2ccc(F)cc2c1)c1ccc(NCC2CCCCC2)cc1. The van der Waals surface area contributed by atoms with Gasteiger partial charge in [-0.2, -0.15) is 0 Å². The zero-order chi connectivity index (χ0) is 19.3. The van der Waals surface area contributed by atoms with Gasteiger partial charge in [-0.05, 0) is 67.3 Å². The normalized spacial score (nSPS) is 14.8. The fraction of sp³-hybridized carbons (Fsp3) is 0.304. The maximum Gasteiger partial charge on any atom is 0.255 e. The maximum atomic E-state index is 13.4. The lowest BCUT2D eigenvalue weighted by atomic mass is 9.89. The summed E-state index contributed by atoms with van der Waals surface area (Å²) in [6, 6.07) is 13.6. The van der Waals surface area contributed by atoms with E-state index in [0.29, 0.717) is 22.2 Å². The molecule has 28 heavy (non-hydrogen) atoms. The van der Waals surface area contributed by atoms with E-state index in [4.69, 9.17) is 0 Å². The predicted octanol–water partition coefficient (Wildman–Crippen LogP) is 5.62. The van der Waals surface area contributed by atoms with E-state index in [0.717, 1.165) is 18.2 Å².